The normalized spacial score (nSPS) is 20.2. The summed E-state index contributed by atoms with van der Waals surface area (Å²) in [5, 5.41) is 3.03. The number of hydrogen-bond acceptors (Lipinski definition) is 4. The minimum atomic E-state index is -3.31. The van der Waals surface area contributed by atoms with Crippen molar-refractivity contribution in [2.75, 3.05) is 17.0 Å². The van der Waals surface area contributed by atoms with Gasteiger partial charge in [0.05, 0.1) is 5.75 Å². The molecule has 1 aliphatic rings. The van der Waals surface area contributed by atoms with Gasteiger partial charge >= 0.3 is 0 Å². The van der Waals surface area contributed by atoms with Crippen molar-refractivity contribution in [3.8, 4) is 0 Å². The zero-order chi connectivity index (χ0) is 16.9. The molecule has 1 fully saturated rings. The van der Waals surface area contributed by atoms with Gasteiger partial charge in [0, 0.05) is 17.3 Å². The highest BCUT2D eigenvalue weighted by molar-refractivity contribution is 7.92. The number of sulfonamides is 1. The summed E-state index contributed by atoms with van der Waals surface area (Å²) in [6.45, 7) is 2.40. The third kappa shape index (κ3) is 5.65. The van der Waals surface area contributed by atoms with Gasteiger partial charge in [0.15, 0.2) is 0 Å². The van der Waals surface area contributed by atoms with Crippen LogP contribution in [0.15, 0.2) is 24.3 Å². The summed E-state index contributed by atoms with van der Waals surface area (Å²) < 4.78 is 25.9. The minimum absolute atomic E-state index is 0. The molecule has 24 heavy (non-hydrogen) atoms. The Labute approximate surface area is 150 Å². The van der Waals surface area contributed by atoms with Crippen LogP contribution in [0.3, 0.4) is 0 Å². The smallest absolute Gasteiger partial charge is 0.251 e. The molecule has 1 aromatic rings. The zero-order valence-corrected chi connectivity index (χ0v) is 15.5. The summed E-state index contributed by atoms with van der Waals surface area (Å²) >= 11 is 0. The van der Waals surface area contributed by atoms with E-state index in [2.05, 4.69) is 10.0 Å². The van der Waals surface area contributed by atoms with E-state index in [9.17, 15) is 13.2 Å². The molecule has 2 unspecified atom stereocenters. The average Bonchev–Trinajstić information content (AvgIpc) is 2.94. The van der Waals surface area contributed by atoms with Gasteiger partial charge in [-0.2, -0.15) is 0 Å². The van der Waals surface area contributed by atoms with Crippen molar-refractivity contribution in [2.24, 2.45) is 11.7 Å². The van der Waals surface area contributed by atoms with E-state index in [-0.39, 0.29) is 30.1 Å². The lowest BCUT2D eigenvalue weighted by atomic mass is 10.0. The first-order valence-electron chi connectivity index (χ1n) is 8.06. The molecule has 0 aromatic heterocycles. The topological polar surface area (TPSA) is 101 Å². The third-order valence-corrected chi connectivity index (χ3v) is 5.66. The van der Waals surface area contributed by atoms with Crippen LogP contribution in [-0.4, -0.2) is 32.7 Å². The fourth-order valence-corrected chi connectivity index (χ4v) is 4.08. The molecule has 0 heterocycles. The van der Waals surface area contributed by atoms with Crippen LogP contribution < -0.4 is 15.8 Å². The molecule has 0 bridgehead atoms. The molecule has 8 heteroatoms. The Kier molecular flexibility index (Phi) is 7.99. The molecule has 0 aliphatic heterocycles. The van der Waals surface area contributed by atoms with Crippen LogP contribution in [0.4, 0.5) is 5.69 Å². The quantitative estimate of drug-likeness (QED) is 0.679. The Morgan fingerprint density at radius 2 is 1.92 bits per heavy atom. The van der Waals surface area contributed by atoms with Crippen molar-refractivity contribution in [2.45, 2.75) is 38.6 Å². The summed E-state index contributed by atoms with van der Waals surface area (Å²) in [4.78, 5) is 12.3. The Bertz CT molecular complexity index is 634. The van der Waals surface area contributed by atoms with E-state index in [4.69, 9.17) is 5.73 Å². The maximum absolute atomic E-state index is 12.3. The van der Waals surface area contributed by atoms with Gasteiger partial charge in [-0.25, -0.2) is 8.42 Å². The summed E-state index contributed by atoms with van der Waals surface area (Å²) in [7, 11) is -3.31. The predicted octanol–water partition coefficient (Wildman–Crippen LogP) is 2.12. The number of amides is 1. The van der Waals surface area contributed by atoms with Crippen LogP contribution in [0.2, 0.25) is 0 Å². The van der Waals surface area contributed by atoms with Crippen molar-refractivity contribution >= 4 is 34.0 Å². The number of hydrogen-bond donors (Lipinski definition) is 3. The molecule has 4 N–H and O–H groups in total. The van der Waals surface area contributed by atoms with Gasteiger partial charge in [-0.3, -0.25) is 9.52 Å². The highest BCUT2D eigenvalue weighted by atomic mass is 35.5. The number of rotatable bonds is 7. The highest BCUT2D eigenvalue weighted by Crippen LogP contribution is 2.25. The first-order valence-corrected chi connectivity index (χ1v) is 9.72. The van der Waals surface area contributed by atoms with Gasteiger partial charge in [0.1, 0.15) is 0 Å². The van der Waals surface area contributed by atoms with Crippen LogP contribution in [0.5, 0.6) is 0 Å². The van der Waals surface area contributed by atoms with Crippen LogP contribution in [0.1, 0.15) is 43.0 Å². The molecule has 1 saturated carbocycles. The molecular weight excluding hydrogens is 350 g/mol. The van der Waals surface area contributed by atoms with E-state index in [1.807, 2.05) is 6.92 Å². The van der Waals surface area contributed by atoms with Crippen molar-refractivity contribution < 1.29 is 13.2 Å². The second kappa shape index (κ2) is 9.25. The predicted molar refractivity (Wildman–Crippen MR) is 99.0 cm³/mol. The van der Waals surface area contributed by atoms with Gasteiger partial charge in [0.25, 0.3) is 5.91 Å². The van der Waals surface area contributed by atoms with Gasteiger partial charge in [-0.05, 0) is 56.0 Å². The lowest BCUT2D eigenvalue weighted by molar-refractivity contribution is 0.0929. The van der Waals surface area contributed by atoms with Crippen LogP contribution in [-0.2, 0) is 10.0 Å². The molecule has 0 spiro atoms. The van der Waals surface area contributed by atoms with E-state index in [1.165, 1.54) is 0 Å². The lowest BCUT2D eigenvalue weighted by Gasteiger charge is -2.19. The number of halogens is 1. The van der Waals surface area contributed by atoms with Crippen molar-refractivity contribution in [1.82, 2.24) is 5.32 Å². The molecule has 6 nitrogen and oxygen atoms in total. The fraction of sp³-hybridized carbons (Fsp3) is 0.562. The molecule has 136 valence electrons. The molecule has 2 rings (SSSR count). The number of carbonyl (C=O) groups is 1. The fourth-order valence-electron chi connectivity index (χ4n) is 2.95. The Morgan fingerprint density at radius 3 is 2.50 bits per heavy atom. The van der Waals surface area contributed by atoms with Gasteiger partial charge in [-0.15, -0.1) is 12.4 Å². The Balaban J connectivity index is 0.00000288. The molecule has 0 radical (unpaired) electrons. The Morgan fingerprint density at radius 1 is 1.25 bits per heavy atom. The second-order valence-electron chi connectivity index (χ2n) is 6.00. The molecule has 1 aliphatic carbocycles. The molecule has 0 saturated heterocycles. The van der Waals surface area contributed by atoms with Crippen molar-refractivity contribution in [3.05, 3.63) is 29.8 Å². The number of nitrogens with one attached hydrogen (secondary N) is 2. The number of anilines is 1. The zero-order valence-electron chi connectivity index (χ0n) is 13.8. The largest absolute Gasteiger partial charge is 0.349 e. The number of nitrogens with two attached hydrogens (primary N) is 1. The Hall–Kier alpha value is -1.31. The second-order valence-corrected chi connectivity index (χ2v) is 7.85. The maximum Gasteiger partial charge on any atom is 0.251 e. The summed E-state index contributed by atoms with van der Waals surface area (Å²) in [6.07, 6.45) is 3.66. The molecular formula is C16H26ClN3O3S. The van der Waals surface area contributed by atoms with Crippen molar-refractivity contribution in [3.63, 3.8) is 0 Å². The monoisotopic (exact) mass is 375 g/mol. The number of benzene rings is 1. The SMILES string of the molecule is CCCS(=O)(=O)Nc1ccc(C(=O)NC2CCCC2CN)cc1.Cl. The van der Waals surface area contributed by atoms with E-state index >= 15 is 0 Å². The lowest BCUT2D eigenvalue weighted by Crippen LogP contribution is -2.39. The third-order valence-electron chi connectivity index (χ3n) is 4.17. The van der Waals surface area contributed by atoms with E-state index in [1.54, 1.807) is 24.3 Å². The summed E-state index contributed by atoms with van der Waals surface area (Å²) in [6, 6.07) is 6.61. The van der Waals surface area contributed by atoms with Crippen molar-refractivity contribution in [1.29, 1.82) is 0 Å². The standard InChI is InChI=1S/C16H25N3O3S.ClH/c1-2-10-23(21,22)19-14-8-6-12(7-9-14)16(20)18-15-5-3-4-13(15)11-17;/h6-9,13,15,19H,2-5,10-11,17H2,1H3,(H,18,20);1H. The average molecular weight is 376 g/mol. The summed E-state index contributed by atoms with van der Waals surface area (Å²) in [5.41, 5.74) is 6.71. The summed E-state index contributed by atoms with van der Waals surface area (Å²) in [5.74, 6) is 0.287. The van der Waals surface area contributed by atoms with Crippen LogP contribution in [0.25, 0.3) is 0 Å². The minimum Gasteiger partial charge on any atom is -0.349 e. The van der Waals surface area contributed by atoms with Gasteiger partial charge < -0.3 is 11.1 Å². The van der Waals surface area contributed by atoms with Gasteiger partial charge in [0.2, 0.25) is 10.0 Å². The van der Waals surface area contributed by atoms with E-state index in [0.717, 1.165) is 19.3 Å². The molecule has 1 aromatic carbocycles. The molecule has 2 atom stereocenters. The molecule has 1 amide bonds. The first-order chi connectivity index (χ1) is 10.9. The first kappa shape index (κ1) is 20.7. The van der Waals surface area contributed by atoms with E-state index < -0.39 is 10.0 Å². The number of carbonyl (C=O) groups excluding carboxylic acids is 1. The highest BCUT2D eigenvalue weighted by Gasteiger charge is 2.27. The van der Waals surface area contributed by atoms with Gasteiger partial charge in [-0.1, -0.05) is 13.3 Å². The maximum atomic E-state index is 12.3. The van der Waals surface area contributed by atoms with Crippen LogP contribution >= 0.6 is 12.4 Å². The van der Waals surface area contributed by atoms with E-state index in [0.29, 0.717) is 30.1 Å². The van der Waals surface area contributed by atoms with Crippen LogP contribution in [0, 0.1) is 5.92 Å².